The molecule has 2 amide bonds. The quantitative estimate of drug-likeness (QED) is 0.280. The fraction of sp³-hybridized carbons (Fsp3) is 0.407. The summed E-state index contributed by atoms with van der Waals surface area (Å²) in [5, 5.41) is 19.2. The predicted molar refractivity (Wildman–Crippen MR) is 150 cm³/mol. The van der Waals surface area contributed by atoms with E-state index in [1.54, 1.807) is 22.8 Å². The smallest absolute Gasteiger partial charge is 0.287 e. The van der Waals surface area contributed by atoms with Crippen LogP contribution in [0, 0.1) is 0 Å². The molecule has 1 saturated heterocycles. The summed E-state index contributed by atoms with van der Waals surface area (Å²) >= 11 is 7.47. The Morgan fingerprint density at radius 3 is 2.69 bits per heavy atom. The third-order valence-electron chi connectivity index (χ3n) is 6.91. The van der Waals surface area contributed by atoms with Gasteiger partial charge in [0.15, 0.2) is 11.6 Å². The van der Waals surface area contributed by atoms with Crippen LogP contribution >= 0.6 is 22.9 Å². The van der Waals surface area contributed by atoms with E-state index >= 15 is 0 Å². The Morgan fingerprint density at radius 2 is 2.00 bits per heavy atom. The number of benzene rings is 1. The van der Waals surface area contributed by atoms with Crippen molar-refractivity contribution in [3.63, 3.8) is 0 Å². The van der Waals surface area contributed by atoms with Crippen LogP contribution in [0.1, 0.15) is 53.4 Å². The lowest BCUT2D eigenvalue weighted by atomic mass is 10.0. The number of piperidine rings is 1. The van der Waals surface area contributed by atoms with Crippen molar-refractivity contribution in [2.75, 3.05) is 26.2 Å². The van der Waals surface area contributed by atoms with E-state index in [0.29, 0.717) is 38.4 Å². The average Bonchev–Trinajstić information content (AvgIpc) is 3.66. The third kappa shape index (κ3) is 6.01. The first-order chi connectivity index (χ1) is 18.8. The van der Waals surface area contributed by atoms with Crippen molar-refractivity contribution in [2.45, 2.75) is 45.3 Å². The van der Waals surface area contributed by atoms with Crippen LogP contribution in [0.4, 0.5) is 0 Å². The first-order valence-corrected chi connectivity index (χ1v) is 14.2. The largest absolute Gasteiger partial charge is 0.395 e. The first-order valence-electron chi connectivity index (χ1n) is 13.0. The number of hydrogen-bond acceptors (Lipinski definition) is 8. The topological polar surface area (TPSA) is 126 Å². The number of carbonyl (C=O) groups is 2. The van der Waals surface area contributed by atoms with Gasteiger partial charge in [-0.15, -0.1) is 11.3 Å². The number of aliphatic hydroxyl groups excluding tert-OH is 1. The number of rotatable bonds is 9. The van der Waals surface area contributed by atoms with Gasteiger partial charge in [-0.25, -0.2) is 4.98 Å². The molecule has 10 nitrogen and oxygen atoms in total. The number of halogens is 1. The second-order valence-electron chi connectivity index (χ2n) is 9.84. The van der Waals surface area contributed by atoms with Crippen molar-refractivity contribution in [3.8, 4) is 10.6 Å². The summed E-state index contributed by atoms with van der Waals surface area (Å²) in [4.78, 5) is 34.3. The van der Waals surface area contributed by atoms with E-state index in [4.69, 9.17) is 21.2 Å². The summed E-state index contributed by atoms with van der Waals surface area (Å²) in [6.45, 7) is 6.35. The molecule has 0 radical (unpaired) electrons. The van der Waals surface area contributed by atoms with Gasteiger partial charge in [0, 0.05) is 37.8 Å². The maximum atomic E-state index is 13.6. The van der Waals surface area contributed by atoms with Gasteiger partial charge >= 0.3 is 0 Å². The van der Waals surface area contributed by atoms with E-state index in [1.165, 1.54) is 11.3 Å². The number of likely N-dealkylation sites (tertiary alicyclic amines) is 1. The Kier molecular flexibility index (Phi) is 8.31. The van der Waals surface area contributed by atoms with Gasteiger partial charge in [-0.2, -0.15) is 0 Å². The van der Waals surface area contributed by atoms with E-state index in [9.17, 15) is 9.59 Å². The van der Waals surface area contributed by atoms with Crippen molar-refractivity contribution in [2.24, 2.45) is 0 Å². The molecule has 3 N–H and O–H groups in total. The number of aliphatic hydroxyl groups is 1. The van der Waals surface area contributed by atoms with Crippen LogP contribution in [0.2, 0.25) is 4.34 Å². The van der Waals surface area contributed by atoms with E-state index in [2.05, 4.69) is 39.5 Å². The number of amides is 2. The number of para-hydroxylation sites is 1. The highest BCUT2D eigenvalue weighted by atomic mass is 35.5. The van der Waals surface area contributed by atoms with Crippen LogP contribution in [-0.4, -0.2) is 74.9 Å². The van der Waals surface area contributed by atoms with Gasteiger partial charge in [-0.05, 0) is 51.0 Å². The van der Waals surface area contributed by atoms with Crippen LogP contribution in [-0.2, 0) is 6.54 Å². The molecule has 4 aromatic rings. The molecule has 1 aliphatic rings. The molecule has 0 bridgehead atoms. The Morgan fingerprint density at radius 1 is 1.21 bits per heavy atom. The van der Waals surface area contributed by atoms with Gasteiger partial charge in [0.1, 0.15) is 11.2 Å². The Labute approximate surface area is 234 Å². The van der Waals surface area contributed by atoms with E-state index in [1.807, 2.05) is 18.2 Å². The zero-order chi connectivity index (χ0) is 27.5. The molecule has 12 heteroatoms. The second-order valence-corrected chi connectivity index (χ2v) is 11.6. The molecule has 0 saturated carbocycles. The molecule has 0 unspecified atom stereocenters. The Balaban J connectivity index is 1.47. The molecule has 4 heterocycles. The Hall–Kier alpha value is -3.25. The number of hydrogen-bond donors (Lipinski definition) is 3. The van der Waals surface area contributed by atoms with Gasteiger partial charge in [0.25, 0.3) is 11.8 Å². The van der Waals surface area contributed by atoms with Crippen molar-refractivity contribution in [3.05, 3.63) is 57.8 Å². The van der Waals surface area contributed by atoms with Crippen molar-refractivity contribution in [1.82, 2.24) is 30.2 Å². The monoisotopic (exact) mass is 570 g/mol. The van der Waals surface area contributed by atoms with Gasteiger partial charge in [-0.1, -0.05) is 22.8 Å². The second kappa shape index (κ2) is 11.9. The van der Waals surface area contributed by atoms with Gasteiger partial charge in [0.2, 0.25) is 0 Å². The van der Waals surface area contributed by atoms with Gasteiger partial charge in [-0.3, -0.25) is 9.59 Å². The molecule has 0 atom stereocenters. The highest BCUT2D eigenvalue weighted by Crippen LogP contribution is 2.32. The molecule has 39 heavy (non-hydrogen) atoms. The van der Waals surface area contributed by atoms with Gasteiger partial charge in [0.05, 0.1) is 33.4 Å². The van der Waals surface area contributed by atoms with Crippen LogP contribution < -0.4 is 10.6 Å². The van der Waals surface area contributed by atoms with E-state index in [-0.39, 0.29) is 43.4 Å². The lowest BCUT2D eigenvalue weighted by Crippen LogP contribution is -2.47. The normalized spacial score (nSPS) is 14.8. The molecule has 5 rings (SSSR count). The molecule has 1 fully saturated rings. The lowest BCUT2D eigenvalue weighted by Gasteiger charge is -2.34. The van der Waals surface area contributed by atoms with Gasteiger partial charge < -0.3 is 29.7 Å². The van der Waals surface area contributed by atoms with Crippen molar-refractivity contribution >= 4 is 45.8 Å². The molecule has 0 spiro atoms. The summed E-state index contributed by atoms with van der Waals surface area (Å²) in [6, 6.07) is 11.2. The number of imidazole rings is 1. The summed E-state index contributed by atoms with van der Waals surface area (Å²) < 4.78 is 7.97. The molecule has 206 valence electrons. The standard InChI is InChI=1S/C27H31ClN6O4S/c1-16(2)33-11-8-17(9-12-33)30-27(37)25-31-24-19(26(36)29-10-13-35)4-3-5-20(24)34(25)15-18-14-21(38-32-18)22-6-7-23(28)39-22/h3-7,14,16-17,35H,8-13,15H2,1-2H3,(H,29,36)(H,30,37). The van der Waals surface area contributed by atoms with Crippen molar-refractivity contribution < 1.29 is 19.2 Å². The molecular weight excluding hydrogens is 540 g/mol. The van der Waals surface area contributed by atoms with Crippen LogP contribution in [0.25, 0.3) is 21.7 Å². The zero-order valence-corrected chi connectivity index (χ0v) is 23.4. The van der Waals surface area contributed by atoms with E-state index in [0.717, 1.165) is 30.8 Å². The predicted octanol–water partition coefficient (Wildman–Crippen LogP) is 3.78. The average molecular weight is 571 g/mol. The third-order valence-corrected chi connectivity index (χ3v) is 8.16. The molecular formula is C27H31ClN6O4S. The van der Waals surface area contributed by atoms with Crippen molar-refractivity contribution in [1.29, 1.82) is 0 Å². The molecule has 1 aromatic carbocycles. The number of aromatic nitrogens is 3. The number of nitrogens with zero attached hydrogens (tertiary/aromatic N) is 4. The Bertz CT molecular complexity index is 1470. The van der Waals surface area contributed by atoms with Crippen LogP contribution in [0.3, 0.4) is 0 Å². The molecule has 0 aliphatic carbocycles. The minimum atomic E-state index is -0.370. The summed E-state index contributed by atoms with van der Waals surface area (Å²) in [7, 11) is 0. The minimum Gasteiger partial charge on any atom is -0.395 e. The number of carbonyl (C=O) groups excluding carboxylic acids is 2. The fourth-order valence-corrected chi connectivity index (χ4v) is 5.84. The maximum absolute atomic E-state index is 13.6. The highest BCUT2D eigenvalue weighted by molar-refractivity contribution is 7.19. The first kappa shape index (κ1) is 27.3. The summed E-state index contributed by atoms with van der Waals surface area (Å²) in [5.74, 6) is 0.107. The number of thiophene rings is 1. The number of fused-ring (bicyclic) bond motifs is 1. The SMILES string of the molecule is CC(C)N1CCC(NC(=O)c2nc3c(C(=O)NCCO)cccc3n2Cc2cc(-c3ccc(Cl)s3)on2)CC1. The van der Waals surface area contributed by atoms with Crippen LogP contribution in [0.15, 0.2) is 40.9 Å². The minimum absolute atomic E-state index is 0.0373. The summed E-state index contributed by atoms with van der Waals surface area (Å²) in [6.07, 6.45) is 1.71. The lowest BCUT2D eigenvalue weighted by molar-refractivity contribution is 0.0885. The molecule has 1 aliphatic heterocycles. The highest BCUT2D eigenvalue weighted by Gasteiger charge is 2.27. The fourth-order valence-electron chi connectivity index (χ4n) is 4.85. The summed E-state index contributed by atoms with van der Waals surface area (Å²) in [5.41, 5.74) is 1.95. The molecule has 3 aromatic heterocycles. The maximum Gasteiger partial charge on any atom is 0.287 e. The zero-order valence-electron chi connectivity index (χ0n) is 21.8. The van der Waals surface area contributed by atoms with E-state index < -0.39 is 0 Å². The number of nitrogens with one attached hydrogen (secondary N) is 2. The van der Waals surface area contributed by atoms with Crippen LogP contribution in [0.5, 0.6) is 0 Å².